The summed E-state index contributed by atoms with van der Waals surface area (Å²) < 4.78 is 5.08. The van der Waals surface area contributed by atoms with Gasteiger partial charge in [-0.25, -0.2) is 4.98 Å². The van der Waals surface area contributed by atoms with Crippen molar-refractivity contribution in [3.8, 4) is 5.75 Å². The Morgan fingerprint density at radius 2 is 2.50 bits per heavy atom. The van der Waals surface area contributed by atoms with Gasteiger partial charge in [0.15, 0.2) is 5.75 Å². The van der Waals surface area contributed by atoms with Gasteiger partial charge in [-0.05, 0) is 12.1 Å². The fraction of sp³-hybridized carbons (Fsp3) is 0.375. The quantitative estimate of drug-likeness (QED) is 0.715. The predicted octanol–water partition coefficient (Wildman–Crippen LogP) is 1.17. The minimum atomic E-state index is 0.157. The van der Waals surface area contributed by atoms with E-state index < -0.39 is 0 Å². The molecular formula is C8H11NO2S. The van der Waals surface area contributed by atoms with Gasteiger partial charge in [0, 0.05) is 11.9 Å². The molecule has 0 fully saturated rings. The summed E-state index contributed by atoms with van der Waals surface area (Å²) in [6.45, 7) is 0.157. The normalized spacial score (nSPS) is 9.83. The zero-order valence-electron chi connectivity index (χ0n) is 6.86. The van der Waals surface area contributed by atoms with Crippen LogP contribution in [0.2, 0.25) is 0 Å². The molecule has 0 saturated heterocycles. The molecule has 4 heteroatoms. The number of ether oxygens (including phenoxy) is 1. The van der Waals surface area contributed by atoms with Crippen LogP contribution in [0.1, 0.15) is 0 Å². The number of rotatable bonds is 4. The van der Waals surface area contributed by atoms with E-state index >= 15 is 0 Å². The lowest BCUT2D eigenvalue weighted by Gasteiger charge is -2.04. The molecule has 12 heavy (non-hydrogen) atoms. The zero-order valence-corrected chi connectivity index (χ0v) is 7.67. The molecule has 0 amide bonds. The molecule has 1 aromatic rings. The fourth-order valence-electron chi connectivity index (χ4n) is 0.782. The van der Waals surface area contributed by atoms with Crippen molar-refractivity contribution in [3.05, 3.63) is 18.3 Å². The Morgan fingerprint density at radius 3 is 3.17 bits per heavy atom. The lowest BCUT2D eigenvalue weighted by atomic mass is 10.5. The van der Waals surface area contributed by atoms with Crippen LogP contribution in [0.3, 0.4) is 0 Å². The van der Waals surface area contributed by atoms with Crippen LogP contribution >= 0.6 is 11.8 Å². The van der Waals surface area contributed by atoms with Crippen molar-refractivity contribution < 1.29 is 9.84 Å². The maximum Gasteiger partial charge on any atom is 0.151 e. The molecule has 66 valence electrons. The summed E-state index contributed by atoms with van der Waals surface area (Å²) in [5.41, 5.74) is 0. The van der Waals surface area contributed by atoms with E-state index in [0.717, 1.165) is 10.8 Å². The first kappa shape index (κ1) is 9.35. The Bertz CT molecular complexity index is 242. The molecule has 0 spiro atoms. The Labute approximate surface area is 75.8 Å². The molecule has 1 heterocycles. The number of hydrogen-bond acceptors (Lipinski definition) is 4. The van der Waals surface area contributed by atoms with Gasteiger partial charge < -0.3 is 9.84 Å². The van der Waals surface area contributed by atoms with E-state index in [9.17, 15) is 0 Å². The van der Waals surface area contributed by atoms with Gasteiger partial charge in [-0.3, -0.25) is 0 Å². The van der Waals surface area contributed by atoms with Gasteiger partial charge in [-0.2, -0.15) is 0 Å². The zero-order chi connectivity index (χ0) is 8.81. The van der Waals surface area contributed by atoms with Crippen molar-refractivity contribution in [2.24, 2.45) is 0 Å². The highest BCUT2D eigenvalue weighted by molar-refractivity contribution is 7.99. The third kappa shape index (κ3) is 2.39. The lowest BCUT2D eigenvalue weighted by molar-refractivity contribution is 0.322. The molecule has 1 N–H and O–H groups in total. The molecular weight excluding hydrogens is 174 g/mol. The SMILES string of the molecule is COc1cccnc1SCCO. The van der Waals surface area contributed by atoms with Crippen molar-refractivity contribution in [3.63, 3.8) is 0 Å². The van der Waals surface area contributed by atoms with Crippen molar-refractivity contribution >= 4 is 11.8 Å². The number of aliphatic hydroxyl groups excluding tert-OH is 1. The van der Waals surface area contributed by atoms with Gasteiger partial charge in [-0.1, -0.05) is 0 Å². The second-order valence-electron chi connectivity index (χ2n) is 2.08. The van der Waals surface area contributed by atoms with Crippen LogP contribution in [0.5, 0.6) is 5.75 Å². The van der Waals surface area contributed by atoms with Gasteiger partial charge in [0.1, 0.15) is 5.03 Å². The lowest BCUT2D eigenvalue weighted by Crippen LogP contribution is -1.91. The summed E-state index contributed by atoms with van der Waals surface area (Å²) in [4.78, 5) is 4.11. The third-order valence-corrected chi connectivity index (χ3v) is 2.25. The molecule has 0 unspecified atom stereocenters. The van der Waals surface area contributed by atoms with Gasteiger partial charge in [0.05, 0.1) is 13.7 Å². The van der Waals surface area contributed by atoms with Crippen molar-refractivity contribution in [1.82, 2.24) is 4.98 Å². The second kappa shape index (κ2) is 5.00. The number of thioether (sulfide) groups is 1. The van der Waals surface area contributed by atoms with Crippen LogP contribution in [0, 0.1) is 0 Å². The van der Waals surface area contributed by atoms with Gasteiger partial charge in [0.25, 0.3) is 0 Å². The van der Waals surface area contributed by atoms with Crippen LogP contribution < -0.4 is 4.74 Å². The van der Waals surface area contributed by atoms with Crippen LogP contribution in [-0.2, 0) is 0 Å². The molecule has 1 aromatic heterocycles. The highest BCUT2D eigenvalue weighted by atomic mass is 32.2. The minimum Gasteiger partial charge on any atom is -0.494 e. The number of nitrogens with zero attached hydrogens (tertiary/aromatic N) is 1. The van der Waals surface area contributed by atoms with E-state index in [1.807, 2.05) is 12.1 Å². The van der Waals surface area contributed by atoms with E-state index in [0.29, 0.717) is 5.75 Å². The smallest absolute Gasteiger partial charge is 0.151 e. The molecule has 0 bridgehead atoms. The molecule has 1 rings (SSSR count). The third-order valence-electron chi connectivity index (χ3n) is 1.29. The molecule has 0 aliphatic heterocycles. The van der Waals surface area contributed by atoms with Crippen molar-refractivity contribution in [2.45, 2.75) is 5.03 Å². The van der Waals surface area contributed by atoms with Crippen LogP contribution in [0.15, 0.2) is 23.4 Å². The Hall–Kier alpha value is -0.740. The summed E-state index contributed by atoms with van der Waals surface area (Å²) in [5.74, 6) is 1.41. The first-order valence-corrected chi connectivity index (χ1v) is 4.59. The van der Waals surface area contributed by atoms with Crippen LogP contribution in [0.4, 0.5) is 0 Å². The van der Waals surface area contributed by atoms with Crippen LogP contribution in [-0.4, -0.2) is 29.6 Å². The summed E-state index contributed by atoms with van der Waals surface area (Å²) in [5, 5.41) is 9.43. The number of aliphatic hydroxyl groups is 1. The summed E-state index contributed by atoms with van der Waals surface area (Å²) >= 11 is 1.49. The summed E-state index contributed by atoms with van der Waals surface area (Å²) in [6, 6.07) is 3.68. The highest BCUT2D eigenvalue weighted by Crippen LogP contribution is 2.25. The predicted molar refractivity (Wildman–Crippen MR) is 48.6 cm³/mol. The summed E-state index contributed by atoms with van der Waals surface area (Å²) in [6.07, 6.45) is 1.71. The monoisotopic (exact) mass is 185 g/mol. The van der Waals surface area contributed by atoms with E-state index in [4.69, 9.17) is 9.84 Å². The molecule has 0 aliphatic carbocycles. The maximum atomic E-state index is 8.60. The van der Waals surface area contributed by atoms with Crippen molar-refractivity contribution in [2.75, 3.05) is 19.5 Å². The number of aromatic nitrogens is 1. The first-order chi connectivity index (χ1) is 5.88. The standard InChI is InChI=1S/C8H11NO2S/c1-11-7-3-2-4-9-8(7)12-6-5-10/h2-4,10H,5-6H2,1H3. The van der Waals surface area contributed by atoms with E-state index in [2.05, 4.69) is 4.98 Å². The first-order valence-electron chi connectivity index (χ1n) is 3.61. The van der Waals surface area contributed by atoms with E-state index in [1.165, 1.54) is 11.8 Å². The minimum absolute atomic E-state index is 0.157. The number of hydrogen-bond donors (Lipinski definition) is 1. The molecule has 0 radical (unpaired) electrons. The Balaban J connectivity index is 2.68. The molecule has 0 aliphatic rings. The number of methoxy groups -OCH3 is 1. The van der Waals surface area contributed by atoms with Crippen LogP contribution in [0.25, 0.3) is 0 Å². The molecule has 0 aromatic carbocycles. The Morgan fingerprint density at radius 1 is 1.67 bits per heavy atom. The summed E-state index contributed by atoms with van der Waals surface area (Å²) in [7, 11) is 1.61. The second-order valence-corrected chi connectivity index (χ2v) is 3.17. The molecule has 0 saturated carbocycles. The van der Waals surface area contributed by atoms with Gasteiger partial charge in [0.2, 0.25) is 0 Å². The highest BCUT2D eigenvalue weighted by Gasteiger charge is 2.01. The van der Waals surface area contributed by atoms with Gasteiger partial charge in [-0.15, -0.1) is 11.8 Å². The fourth-order valence-corrected chi connectivity index (χ4v) is 1.50. The van der Waals surface area contributed by atoms with Gasteiger partial charge >= 0.3 is 0 Å². The maximum absolute atomic E-state index is 8.60. The number of pyridine rings is 1. The molecule has 0 atom stereocenters. The average molecular weight is 185 g/mol. The van der Waals surface area contributed by atoms with Crippen molar-refractivity contribution in [1.29, 1.82) is 0 Å². The average Bonchev–Trinajstić information content (AvgIpc) is 2.15. The topological polar surface area (TPSA) is 42.4 Å². The van der Waals surface area contributed by atoms with E-state index in [1.54, 1.807) is 13.3 Å². The Kier molecular flexibility index (Phi) is 3.90. The molecule has 3 nitrogen and oxygen atoms in total. The van der Waals surface area contributed by atoms with E-state index in [-0.39, 0.29) is 6.61 Å². The largest absolute Gasteiger partial charge is 0.494 e.